The minimum absolute atomic E-state index is 0.00612. The Bertz CT molecular complexity index is 895. The van der Waals surface area contributed by atoms with Crippen LogP contribution in [0, 0.1) is 0 Å². The van der Waals surface area contributed by atoms with Crippen molar-refractivity contribution in [3.05, 3.63) is 60.0 Å². The maximum absolute atomic E-state index is 13.3. The van der Waals surface area contributed by atoms with Gasteiger partial charge in [-0.2, -0.15) is 13.2 Å². The Morgan fingerprint density at radius 2 is 1.96 bits per heavy atom. The number of fused-ring (bicyclic) bond motifs is 1. The standard InChI is InChI=1S/C17H13F3N2O2/c1-2-24-16(23)13-9-22(10-14(13)17(18,19)20)15-12-6-4-3-5-11(12)7-8-21-15/h3-10H,2H2,1H3. The maximum atomic E-state index is 13.3. The van der Waals surface area contributed by atoms with Gasteiger partial charge in [0.15, 0.2) is 0 Å². The average Bonchev–Trinajstić information content (AvgIpc) is 3.00. The van der Waals surface area contributed by atoms with Gasteiger partial charge in [-0.3, -0.25) is 0 Å². The van der Waals surface area contributed by atoms with Crippen molar-refractivity contribution >= 4 is 16.7 Å². The van der Waals surface area contributed by atoms with Crippen LogP contribution in [0.1, 0.15) is 22.8 Å². The Morgan fingerprint density at radius 1 is 1.21 bits per heavy atom. The van der Waals surface area contributed by atoms with E-state index in [0.29, 0.717) is 11.2 Å². The molecule has 24 heavy (non-hydrogen) atoms. The minimum atomic E-state index is -4.67. The van der Waals surface area contributed by atoms with E-state index in [-0.39, 0.29) is 6.61 Å². The van der Waals surface area contributed by atoms with E-state index in [1.165, 1.54) is 17.7 Å². The highest BCUT2D eigenvalue weighted by molar-refractivity contribution is 5.92. The highest BCUT2D eigenvalue weighted by Crippen LogP contribution is 2.34. The number of carbonyl (C=O) groups is 1. The summed E-state index contributed by atoms with van der Waals surface area (Å²) in [5.74, 6) is -0.696. The molecule has 1 aromatic carbocycles. The summed E-state index contributed by atoms with van der Waals surface area (Å²) in [6.07, 6.45) is -1.19. The molecule has 2 heterocycles. The fraction of sp³-hybridized carbons (Fsp3) is 0.176. The molecule has 0 aliphatic rings. The number of carbonyl (C=O) groups excluding carboxylic acids is 1. The molecule has 0 aliphatic heterocycles. The van der Waals surface area contributed by atoms with Gasteiger partial charge < -0.3 is 9.30 Å². The number of nitrogens with zero attached hydrogens (tertiary/aromatic N) is 2. The van der Waals surface area contributed by atoms with Crippen molar-refractivity contribution in [3.8, 4) is 5.82 Å². The lowest BCUT2D eigenvalue weighted by atomic mass is 10.1. The molecule has 4 nitrogen and oxygen atoms in total. The van der Waals surface area contributed by atoms with Gasteiger partial charge in [-0.25, -0.2) is 9.78 Å². The third kappa shape index (κ3) is 2.84. The molecule has 3 rings (SSSR count). The highest BCUT2D eigenvalue weighted by Gasteiger charge is 2.37. The molecule has 0 amide bonds. The predicted octanol–water partition coefficient (Wildman–Crippen LogP) is 4.22. The second-order valence-corrected chi connectivity index (χ2v) is 5.07. The van der Waals surface area contributed by atoms with Crippen molar-refractivity contribution in [1.29, 1.82) is 0 Å². The topological polar surface area (TPSA) is 44.1 Å². The van der Waals surface area contributed by atoms with Crippen LogP contribution in [0.4, 0.5) is 13.2 Å². The SMILES string of the molecule is CCOC(=O)c1cn(-c2nccc3ccccc23)cc1C(F)(F)F. The zero-order valence-electron chi connectivity index (χ0n) is 12.7. The van der Waals surface area contributed by atoms with Gasteiger partial charge in [0.1, 0.15) is 5.82 Å². The number of rotatable bonds is 3. The fourth-order valence-corrected chi connectivity index (χ4v) is 2.48. The van der Waals surface area contributed by atoms with Crippen LogP contribution in [0.5, 0.6) is 0 Å². The molecule has 0 bridgehead atoms. The van der Waals surface area contributed by atoms with Gasteiger partial charge in [-0.1, -0.05) is 24.3 Å². The van der Waals surface area contributed by atoms with Crippen LogP contribution in [0.3, 0.4) is 0 Å². The van der Waals surface area contributed by atoms with Crippen LogP contribution < -0.4 is 0 Å². The number of benzene rings is 1. The molecule has 0 radical (unpaired) electrons. The molecule has 2 aromatic heterocycles. The van der Waals surface area contributed by atoms with Gasteiger partial charge in [-0.05, 0) is 18.4 Å². The first-order valence-corrected chi connectivity index (χ1v) is 7.22. The van der Waals surface area contributed by atoms with E-state index in [2.05, 4.69) is 4.98 Å². The Morgan fingerprint density at radius 3 is 2.67 bits per heavy atom. The lowest BCUT2D eigenvalue weighted by molar-refractivity contribution is -0.138. The molecule has 0 unspecified atom stereocenters. The third-order valence-corrected chi connectivity index (χ3v) is 3.52. The molecule has 3 aromatic rings. The van der Waals surface area contributed by atoms with Crippen LogP contribution >= 0.6 is 0 Å². The zero-order chi connectivity index (χ0) is 17.3. The summed E-state index contributed by atoms with van der Waals surface area (Å²) in [5, 5.41) is 1.52. The van der Waals surface area contributed by atoms with Crippen molar-refractivity contribution in [2.24, 2.45) is 0 Å². The number of esters is 1. The van der Waals surface area contributed by atoms with Crippen LogP contribution in [-0.4, -0.2) is 22.1 Å². The Kier molecular flexibility index (Phi) is 4.01. The Balaban J connectivity index is 2.20. The second-order valence-electron chi connectivity index (χ2n) is 5.07. The largest absolute Gasteiger partial charge is 0.462 e. The Labute approximate surface area is 135 Å². The summed E-state index contributed by atoms with van der Waals surface area (Å²) in [4.78, 5) is 16.0. The molecule has 0 N–H and O–H groups in total. The maximum Gasteiger partial charge on any atom is 0.418 e. The van der Waals surface area contributed by atoms with E-state index in [4.69, 9.17) is 4.74 Å². The third-order valence-electron chi connectivity index (χ3n) is 3.52. The first-order chi connectivity index (χ1) is 11.4. The van der Waals surface area contributed by atoms with E-state index >= 15 is 0 Å². The van der Waals surface area contributed by atoms with Crippen molar-refractivity contribution in [1.82, 2.24) is 9.55 Å². The van der Waals surface area contributed by atoms with Gasteiger partial charge in [0.2, 0.25) is 0 Å². The lowest BCUT2D eigenvalue weighted by Crippen LogP contribution is -2.12. The molecule has 0 fully saturated rings. The predicted molar refractivity (Wildman–Crippen MR) is 82.0 cm³/mol. The fourth-order valence-electron chi connectivity index (χ4n) is 2.48. The molecule has 0 atom stereocenters. The summed E-state index contributed by atoms with van der Waals surface area (Å²) in [5.41, 5.74) is -1.57. The van der Waals surface area contributed by atoms with Crippen molar-refractivity contribution < 1.29 is 22.7 Å². The Hall–Kier alpha value is -2.83. The number of hydrogen-bond acceptors (Lipinski definition) is 3. The smallest absolute Gasteiger partial charge is 0.418 e. The minimum Gasteiger partial charge on any atom is -0.462 e. The number of ether oxygens (including phenoxy) is 1. The van der Waals surface area contributed by atoms with Crippen LogP contribution in [0.2, 0.25) is 0 Å². The average molecular weight is 334 g/mol. The molecule has 124 valence electrons. The number of hydrogen-bond donors (Lipinski definition) is 0. The molecular weight excluding hydrogens is 321 g/mol. The molecule has 0 aliphatic carbocycles. The molecule has 0 saturated heterocycles. The quantitative estimate of drug-likeness (QED) is 0.674. The number of pyridine rings is 1. The number of halogens is 3. The van der Waals surface area contributed by atoms with Gasteiger partial charge in [0.25, 0.3) is 0 Å². The summed E-state index contributed by atoms with van der Waals surface area (Å²) in [6, 6.07) is 8.95. The summed E-state index contributed by atoms with van der Waals surface area (Å²) >= 11 is 0. The second kappa shape index (κ2) is 5.99. The van der Waals surface area contributed by atoms with Crippen molar-refractivity contribution in [2.75, 3.05) is 6.61 Å². The van der Waals surface area contributed by atoms with E-state index in [1.54, 1.807) is 18.2 Å². The number of aromatic nitrogens is 2. The van der Waals surface area contributed by atoms with Crippen LogP contribution in [0.15, 0.2) is 48.9 Å². The molecular formula is C17H13F3N2O2. The van der Waals surface area contributed by atoms with Crippen LogP contribution in [0.25, 0.3) is 16.6 Å². The van der Waals surface area contributed by atoms with Gasteiger partial charge >= 0.3 is 12.1 Å². The zero-order valence-corrected chi connectivity index (χ0v) is 12.7. The molecule has 7 heteroatoms. The first-order valence-electron chi connectivity index (χ1n) is 7.22. The normalized spacial score (nSPS) is 11.7. The van der Waals surface area contributed by atoms with E-state index < -0.39 is 23.3 Å². The monoisotopic (exact) mass is 334 g/mol. The van der Waals surface area contributed by atoms with Crippen molar-refractivity contribution in [3.63, 3.8) is 0 Å². The number of alkyl halides is 3. The van der Waals surface area contributed by atoms with E-state index in [1.807, 2.05) is 12.1 Å². The summed E-state index contributed by atoms with van der Waals surface area (Å²) < 4.78 is 45.7. The van der Waals surface area contributed by atoms with Crippen molar-refractivity contribution in [2.45, 2.75) is 13.1 Å². The summed E-state index contributed by atoms with van der Waals surface area (Å²) in [6.45, 7) is 1.53. The molecule has 0 saturated carbocycles. The lowest BCUT2D eigenvalue weighted by Gasteiger charge is -2.07. The molecule has 0 spiro atoms. The van der Waals surface area contributed by atoms with Gasteiger partial charge in [-0.15, -0.1) is 0 Å². The van der Waals surface area contributed by atoms with Crippen LogP contribution in [-0.2, 0) is 10.9 Å². The van der Waals surface area contributed by atoms with Gasteiger partial charge in [0, 0.05) is 24.0 Å². The van der Waals surface area contributed by atoms with Gasteiger partial charge in [0.05, 0.1) is 17.7 Å². The summed E-state index contributed by atoms with van der Waals surface area (Å²) in [7, 11) is 0. The highest BCUT2D eigenvalue weighted by atomic mass is 19.4. The van der Waals surface area contributed by atoms with E-state index in [0.717, 1.165) is 17.8 Å². The van der Waals surface area contributed by atoms with E-state index in [9.17, 15) is 18.0 Å². The first kappa shape index (κ1) is 16.0.